The van der Waals surface area contributed by atoms with Crippen molar-refractivity contribution >= 4 is 15.9 Å². The molecule has 0 aliphatic heterocycles. The molecule has 0 aromatic rings. The van der Waals surface area contributed by atoms with Gasteiger partial charge < -0.3 is 11.1 Å². The summed E-state index contributed by atoms with van der Waals surface area (Å²) in [5.74, 6) is 4.45. The number of sulfonamides is 1. The molecule has 16 heavy (non-hydrogen) atoms. The molecule has 0 heterocycles. The smallest absolute Gasteiger partial charge is 0.237 e. The van der Waals surface area contributed by atoms with Crippen molar-refractivity contribution in [3.63, 3.8) is 0 Å². The second-order valence-electron chi connectivity index (χ2n) is 3.85. The number of amides is 1. The highest BCUT2D eigenvalue weighted by atomic mass is 32.2. The average molecular weight is 252 g/mol. The van der Waals surface area contributed by atoms with Crippen LogP contribution in [0.5, 0.6) is 0 Å². The Hall–Kier alpha value is -0.700. The minimum absolute atomic E-state index is 0.0504. The van der Waals surface area contributed by atoms with Crippen molar-refractivity contribution < 1.29 is 13.2 Å². The number of hydrogen-bond donors (Lipinski definition) is 4. The van der Waals surface area contributed by atoms with Gasteiger partial charge in [-0.25, -0.2) is 8.42 Å². The van der Waals surface area contributed by atoms with Crippen LogP contribution in [0.25, 0.3) is 0 Å². The van der Waals surface area contributed by atoms with E-state index < -0.39 is 16.1 Å². The number of carbonyl (C=O) groups is 1. The molecule has 0 aliphatic rings. The molecule has 0 spiro atoms. The third kappa shape index (κ3) is 6.01. The Morgan fingerprint density at radius 2 is 1.94 bits per heavy atom. The van der Waals surface area contributed by atoms with Gasteiger partial charge in [-0.15, -0.1) is 0 Å². The molecule has 8 heteroatoms. The minimum atomic E-state index is -3.41. The topological polar surface area (TPSA) is 127 Å². The van der Waals surface area contributed by atoms with Crippen LogP contribution < -0.4 is 21.7 Å². The van der Waals surface area contributed by atoms with Gasteiger partial charge in [0, 0.05) is 6.54 Å². The summed E-state index contributed by atoms with van der Waals surface area (Å²) in [6.07, 6.45) is 0.295. The zero-order chi connectivity index (χ0) is 12.8. The van der Waals surface area contributed by atoms with E-state index in [0.717, 1.165) is 0 Å². The Bertz CT molecular complexity index is 315. The second-order valence-corrected chi connectivity index (χ2v) is 5.72. The van der Waals surface area contributed by atoms with Gasteiger partial charge in [-0.05, 0) is 12.3 Å². The summed E-state index contributed by atoms with van der Waals surface area (Å²) in [5.41, 5.74) is 5.59. The molecule has 0 saturated heterocycles. The maximum Gasteiger partial charge on any atom is 0.237 e. The van der Waals surface area contributed by atoms with Gasteiger partial charge in [0.15, 0.2) is 0 Å². The maximum absolute atomic E-state index is 11.4. The molecule has 7 nitrogen and oxygen atoms in total. The summed E-state index contributed by atoms with van der Waals surface area (Å²) in [7, 11) is -3.41. The molecule has 6 N–H and O–H groups in total. The molecule has 0 radical (unpaired) electrons. The third-order valence-corrected chi connectivity index (χ3v) is 3.27. The molecule has 1 atom stereocenters. The molecule has 0 aliphatic carbocycles. The van der Waals surface area contributed by atoms with Crippen molar-refractivity contribution in [2.75, 3.05) is 12.3 Å². The van der Waals surface area contributed by atoms with Crippen molar-refractivity contribution in [1.82, 2.24) is 10.1 Å². The van der Waals surface area contributed by atoms with Crippen molar-refractivity contribution in [3.05, 3.63) is 0 Å². The van der Waals surface area contributed by atoms with Gasteiger partial charge >= 0.3 is 0 Å². The van der Waals surface area contributed by atoms with Crippen LogP contribution in [0.2, 0.25) is 0 Å². The third-order valence-electron chi connectivity index (χ3n) is 2.09. The van der Waals surface area contributed by atoms with Crippen LogP contribution in [0, 0.1) is 5.92 Å². The van der Waals surface area contributed by atoms with Crippen LogP contribution >= 0.6 is 0 Å². The minimum Gasteiger partial charge on any atom is -0.355 e. The van der Waals surface area contributed by atoms with E-state index in [4.69, 9.17) is 11.6 Å². The van der Waals surface area contributed by atoms with Crippen molar-refractivity contribution in [3.8, 4) is 0 Å². The van der Waals surface area contributed by atoms with E-state index in [1.165, 1.54) is 0 Å². The fourth-order valence-electron chi connectivity index (χ4n) is 0.953. The Morgan fingerprint density at radius 1 is 1.38 bits per heavy atom. The zero-order valence-corrected chi connectivity index (χ0v) is 10.4. The van der Waals surface area contributed by atoms with Crippen LogP contribution in [-0.2, 0) is 14.8 Å². The van der Waals surface area contributed by atoms with Crippen molar-refractivity contribution in [1.29, 1.82) is 0 Å². The highest BCUT2D eigenvalue weighted by Crippen LogP contribution is 1.97. The summed E-state index contributed by atoms with van der Waals surface area (Å²) >= 11 is 0. The Kier molecular flexibility index (Phi) is 6.49. The summed E-state index contributed by atoms with van der Waals surface area (Å²) in [6, 6.07) is -0.566. The predicted octanol–water partition coefficient (Wildman–Crippen LogP) is -1.73. The fourth-order valence-corrected chi connectivity index (χ4v) is 1.60. The second kappa shape index (κ2) is 6.79. The van der Waals surface area contributed by atoms with Gasteiger partial charge in [-0.3, -0.25) is 10.6 Å². The summed E-state index contributed by atoms with van der Waals surface area (Å²) in [5, 5.41) is 2.56. The van der Waals surface area contributed by atoms with Crippen LogP contribution in [0.1, 0.15) is 20.3 Å². The van der Waals surface area contributed by atoms with Gasteiger partial charge in [-0.2, -0.15) is 4.83 Å². The van der Waals surface area contributed by atoms with Crippen molar-refractivity contribution in [2.45, 2.75) is 26.3 Å². The average Bonchev–Trinajstić information content (AvgIpc) is 2.22. The lowest BCUT2D eigenvalue weighted by atomic mass is 10.1. The Balaban J connectivity index is 3.80. The first kappa shape index (κ1) is 15.3. The van der Waals surface area contributed by atoms with Crippen LogP contribution in [0.15, 0.2) is 0 Å². The first-order valence-corrected chi connectivity index (χ1v) is 6.68. The molecule has 0 saturated carbocycles. The van der Waals surface area contributed by atoms with E-state index in [1.807, 2.05) is 13.8 Å². The largest absolute Gasteiger partial charge is 0.355 e. The highest BCUT2D eigenvalue weighted by Gasteiger charge is 2.16. The van der Waals surface area contributed by atoms with Crippen LogP contribution in [0.3, 0.4) is 0 Å². The predicted molar refractivity (Wildman–Crippen MR) is 61.6 cm³/mol. The molecular formula is C8H20N4O3S. The van der Waals surface area contributed by atoms with Gasteiger partial charge in [0.25, 0.3) is 0 Å². The monoisotopic (exact) mass is 252 g/mol. The van der Waals surface area contributed by atoms with E-state index in [-0.39, 0.29) is 24.1 Å². The Morgan fingerprint density at radius 3 is 2.38 bits per heavy atom. The molecular weight excluding hydrogens is 232 g/mol. The number of carbonyl (C=O) groups excluding carboxylic acids is 1. The molecule has 0 aromatic heterocycles. The summed E-state index contributed by atoms with van der Waals surface area (Å²) < 4.78 is 21.8. The van der Waals surface area contributed by atoms with Gasteiger partial charge in [0.05, 0.1) is 11.8 Å². The van der Waals surface area contributed by atoms with Gasteiger partial charge in [0.2, 0.25) is 15.9 Å². The van der Waals surface area contributed by atoms with Crippen LogP contribution in [-0.4, -0.2) is 32.7 Å². The number of hydrogen-bond acceptors (Lipinski definition) is 5. The summed E-state index contributed by atoms with van der Waals surface area (Å²) in [6.45, 7) is 3.94. The van der Waals surface area contributed by atoms with Gasteiger partial charge in [-0.1, -0.05) is 13.8 Å². The molecule has 96 valence electrons. The molecule has 1 unspecified atom stereocenters. The number of nitrogens with one attached hydrogen (secondary N) is 2. The fraction of sp³-hybridized carbons (Fsp3) is 0.875. The first-order valence-electron chi connectivity index (χ1n) is 5.03. The number of nitrogens with two attached hydrogens (primary N) is 2. The van der Waals surface area contributed by atoms with E-state index >= 15 is 0 Å². The molecule has 0 rings (SSSR count). The summed E-state index contributed by atoms with van der Waals surface area (Å²) in [4.78, 5) is 13.1. The number of rotatable bonds is 7. The maximum atomic E-state index is 11.4. The lowest BCUT2D eigenvalue weighted by molar-refractivity contribution is -0.123. The van der Waals surface area contributed by atoms with Crippen LogP contribution in [0.4, 0.5) is 0 Å². The van der Waals surface area contributed by atoms with E-state index in [0.29, 0.717) is 6.42 Å². The quantitative estimate of drug-likeness (QED) is 0.243. The molecule has 0 fully saturated rings. The van der Waals surface area contributed by atoms with Crippen molar-refractivity contribution in [2.24, 2.45) is 17.5 Å². The lowest BCUT2D eigenvalue weighted by Crippen LogP contribution is -2.44. The zero-order valence-electron chi connectivity index (χ0n) is 9.56. The van der Waals surface area contributed by atoms with Gasteiger partial charge in [0.1, 0.15) is 0 Å². The number of hydrazine groups is 1. The molecule has 0 aromatic carbocycles. The normalized spacial score (nSPS) is 13.8. The lowest BCUT2D eigenvalue weighted by Gasteiger charge is -2.15. The SMILES string of the molecule is CC(C)C(N)C(=O)NCCCS(=O)(=O)NN. The Labute approximate surface area is 96.0 Å². The molecule has 0 bridgehead atoms. The molecule has 1 amide bonds. The highest BCUT2D eigenvalue weighted by molar-refractivity contribution is 7.89. The van der Waals surface area contributed by atoms with E-state index in [9.17, 15) is 13.2 Å². The standard InChI is InChI=1S/C8H20N4O3S/c1-6(2)7(9)8(13)11-4-3-5-16(14,15)12-10/h6-7,12H,3-5,9-10H2,1-2H3,(H,11,13). The van der Waals surface area contributed by atoms with E-state index in [2.05, 4.69) is 5.32 Å². The first-order chi connectivity index (χ1) is 7.30. The van der Waals surface area contributed by atoms with E-state index in [1.54, 1.807) is 4.83 Å².